The van der Waals surface area contributed by atoms with Gasteiger partial charge in [-0.1, -0.05) is 42.0 Å². The van der Waals surface area contributed by atoms with Crippen LogP contribution in [-0.4, -0.2) is 24.1 Å². The molecule has 0 radical (unpaired) electrons. The zero-order chi connectivity index (χ0) is 15.2. The summed E-state index contributed by atoms with van der Waals surface area (Å²) < 4.78 is 4.98. The lowest BCUT2D eigenvalue weighted by atomic mass is 10.0. The lowest BCUT2D eigenvalue weighted by molar-refractivity contribution is 0.0530. The zero-order valence-electron chi connectivity index (χ0n) is 11.7. The van der Waals surface area contributed by atoms with Crippen LogP contribution in [0, 0.1) is 6.92 Å². The molecule has 0 aromatic heterocycles. The summed E-state index contributed by atoms with van der Waals surface area (Å²) in [6.45, 7) is 2.24. The lowest BCUT2D eigenvalue weighted by Gasteiger charge is -2.05. The van der Waals surface area contributed by atoms with Crippen molar-refractivity contribution in [2.45, 2.75) is 6.92 Å². The molecule has 0 bridgehead atoms. The van der Waals surface area contributed by atoms with Crippen molar-refractivity contribution < 1.29 is 14.3 Å². The average molecular weight is 300 g/mol. The molecule has 21 heavy (non-hydrogen) atoms. The molecule has 0 amide bonds. The molecule has 0 atom stereocenters. The SMILES string of the molecule is Cc1ccc(C(=O)c2ccc(C(=O)OCCS)cc2)cc1. The van der Waals surface area contributed by atoms with Gasteiger partial charge in [0, 0.05) is 16.9 Å². The van der Waals surface area contributed by atoms with Crippen molar-refractivity contribution in [1.29, 1.82) is 0 Å². The van der Waals surface area contributed by atoms with Crippen LogP contribution in [0.5, 0.6) is 0 Å². The second-order valence-electron chi connectivity index (χ2n) is 4.63. The lowest BCUT2D eigenvalue weighted by Crippen LogP contribution is -2.08. The minimum atomic E-state index is -0.404. The molecule has 0 spiro atoms. The van der Waals surface area contributed by atoms with Crippen LogP contribution in [-0.2, 0) is 4.74 Å². The van der Waals surface area contributed by atoms with Gasteiger partial charge in [-0.3, -0.25) is 4.79 Å². The summed E-state index contributed by atoms with van der Waals surface area (Å²) in [4.78, 5) is 23.9. The molecular weight excluding hydrogens is 284 g/mol. The third-order valence-corrected chi connectivity index (χ3v) is 3.20. The predicted molar refractivity (Wildman–Crippen MR) is 85.2 cm³/mol. The fourth-order valence-corrected chi connectivity index (χ4v) is 1.94. The Morgan fingerprint density at radius 3 is 1.90 bits per heavy atom. The van der Waals surface area contributed by atoms with Crippen LogP contribution in [0.3, 0.4) is 0 Å². The Morgan fingerprint density at radius 1 is 0.905 bits per heavy atom. The molecule has 2 aromatic carbocycles. The van der Waals surface area contributed by atoms with E-state index in [0.29, 0.717) is 22.4 Å². The fourth-order valence-electron chi connectivity index (χ4n) is 1.85. The number of benzene rings is 2. The third-order valence-electron chi connectivity index (χ3n) is 3.02. The van der Waals surface area contributed by atoms with Crippen LogP contribution in [0.2, 0.25) is 0 Å². The van der Waals surface area contributed by atoms with E-state index in [1.165, 1.54) is 0 Å². The van der Waals surface area contributed by atoms with Gasteiger partial charge in [0.1, 0.15) is 6.61 Å². The van der Waals surface area contributed by atoms with Crippen LogP contribution in [0.1, 0.15) is 31.8 Å². The van der Waals surface area contributed by atoms with E-state index in [-0.39, 0.29) is 12.4 Å². The normalized spacial score (nSPS) is 10.2. The average Bonchev–Trinajstić information content (AvgIpc) is 2.53. The fraction of sp³-hybridized carbons (Fsp3) is 0.176. The maximum absolute atomic E-state index is 12.3. The molecule has 0 heterocycles. The summed E-state index contributed by atoms with van der Waals surface area (Å²) in [5, 5.41) is 0. The summed E-state index contributed by atoms with van der Waals surface area (Å²) in [6, 6.07) is 13.9. The maximum atomic E-state index is 12.3. The second-order valence-corrected chi connectivity index (χ2v) is 5.08. The van der Waals surface area contributed by atoms with Gasteiger partial charge in [0.05, 0.1) is 5.56 Å². The Bertz CT molecular complexity index is 630. The minimum absolute atomic E-state index is 0.0646. The number of ether oxygens (including phenoxy) is 1. The van der Waals surface area contributed by atoms with Gasteiger partial charge in [-0.2, -0.15) is 12.6 Å². The van der Waals surface area contributed by atoms with E-state index < -0.39 is 5.97 Å². The quantitative estimate of drug-likeness (QED) is 0.523. The van der Waals surface area contributed by atoms with Crippen molar-refractivity contribution in [2.75, 3.05) is 12.4 Å². The number of carbonyl (C=O) groups is 2. The van der Waals surface area contributed by atoms with Crippen molar-refractivity contribution >= 4 is 24.4 Å². The summed E-state index contributed by atoms with van der Waals surface area (Å²) in [5.41, 5.74) is 2.71. The maximum Gasteiger partial charge on any atom is 0.338 e. The van der Waals surface area contributed by atoms with Crippen molar-refractivity contribution in [3.8, 4) is 0 Å². The molecular formula is C17H16O3S. The van der Waals surface area contributed by atoms with Gasteiger partial charge in [0.2, 0.25) is 0 Å². The summed E-state index contributed by atoms with van der Waals surface area (Å²) >= 11 is 3.98. The number of thiol groups is 1. The third kappa shape index (κ3) is 3.95. The van der Waals surface area contributed by atoms with E-state index in [1.807, 2.05) is 19.1 Å². The first-order valence-corrected chi connectivity index (χ1v) is 7.24. The van der Waals surface area contributed by atoms with Crippen molar-refractivity contribution in [2.24, 2.45) is 0 Å². The number of rotatable bonds is 5. The van der Waals surface area contributed by atoms with E-state index in [1.54, 1.807) is 36.4 Å². The van der Waals surface area contributed by atoms with Crippen LogP contribution in [0.15, 0.2) is 48.5 Å². The Balaban J connectivity index is 2.13. The second kappa shape index (κ2) is 7.09. The van der Waals surface area contributed by atoms with Crippen LogP contribution >= 0.6 is 12.6 Å². The molecule has 3 nitrogen and oxygen atoms in total. The molecule has 0 aliphatic carbocycles. The van der Waals surface area contributed by atoms with Crippen molar-refractivity contribution in [3.05, 3.63) is 70.8 Å². The molecule has 4 heteroatoms. The van der Waals surface area contributed by atoms with E-state index in [0.717, 1.165) is 5.56 Å². The highest BCUT2D eigenvalue weighted by Gasteiger charge is 2.11. The highest BCUT2D eigenvalue weighted by molar-refractivity contribution is 7.80. The molecule has 0 N–H and O–H groups in total. The number of aryl methyl sites for hydroxylation is 1. The Kier molecular flexibility index (Phi) is 5.17. The molecule has 0 saturated carbocycles. The number of hydrogen-bond acceptors (Lipinski definition) is 4. The van der Waals surface area contributed by atoms with Crippen LogP contribution in [0.4, 0.5) is 0 Å². The van der Waals surface area contributed by atoms with E-state index in [9.17, 15) is 9.59 Å². The minimum Gasteiger partial charge on any atom is -0.461 e. The first-order chi connectivity index (χ1) is 10.1. The molecule has 0 fully saturated rings. The number of carbonyl (C=O) groups excluding carboxylic acids is 2. The first kappa shape index (κ1) is 15.3. The van der Waals surface area contributed by atoms with Gasteiger partial charge in [-0.05, 0) is 19.1 Å². The molecule has 108 valence electrons. The van der Waals surface area contributed by atoms with Gasteiger partial charge in [0.15, 0.2) is 5.78 Å². The predicted octanol–water partition coefficient (Wildman–Crippen LogP) is 3.31. The van der Waals surface area contributed by atoms with Crippen LogP contribution < -0.4 is 0 Å². The molecule has 2 rings (SSSR count). The zero-order valence-corrected chi connectivity index (χ0v) is 12.6. The molecule has 0 unspecified atom stereocenters. The van der Waals surface area contributed by atoms with Gasteiger partial charge >= 0.3 is 5.97 Å². The molecule has 0 aliphatic rings. The topological polar surface area (TPSA) is 43.4 Å². The summed E-state index contributed by atoms with van der Waals surface area (Å²) in [6.07, 6.45) is 0. The number of ketones is 1. The van der Waals surface area contributed by atoms with Gasteiger partial charge < -0.3 is 4.74 Å². The smallest absolute Gasteiger partial charge is 0.338 e. The Labute approximate surface area is 129 Å². The summed E-state index contributed by atoms with van der Waals surface area (Å²) in [7, 11) is 0. The Morgan fingerprint density at radius 2 is 1.38 bits per heavy atom. The van der Waals surface area contributed by atoms with E-state index in [4.69, 9.17) is 4.74 Å². The van der Waals surface area contributed by atoms with Crippen LogP contribution in [0.25, 0.3) is 0 Å². The number of esters is 1. The molecule has 0 aliphatic heterocycles. The largest absolute Gasteiger partial charge is 0.461 e. The molecule has 0 saturated heterocycles. The van der Waals surface area contributed by atoms with Gasteiger partial charge in [-0.25, -0.2) is 4.79 Å². The van der Waals surface area contributed by atoms with Crippen molar-refractivity contribution in [1.82, 2.24) is 0 Å². The van der Waals surface area contributed by atoms with Gasteiger partial charge in [0.25, 0.3) is 0 Å². The van der Waals surface area contributed by atoms with Gasteiger partial charge in [-0.15, -0.1) is 0 Å². The highest BCUT2D eigenvalue weighted by atomic mass is 32.1. The standard InChI is InChI=1S/C17H16O3S/c1-12-2-4-13(5-3-12)16(18)14-6-8-15(9-7-14)17(19)20-10-11-21/h2-9,21H,10-11H2,1H3. The monoisotopic (exact) mass is 300 g/mol. The summed E-state index contributed by atoms with van der Waals surface area (Å²) in [5.74, 6) is 0.0130. The highest BCUT2D eigenvalue weighted by Crippen LogP contribution is 2.13. The Hall–Kier alpha value is -2.07. The van der Waals surface area contributed by atoms with E-state index >= 15 is 0 Å². The van der Waals surface area contributed by atoms with Crippen molar-refractivity contribution in [3.63, 3.8) is 0 Å². The first-order valence-electron chi connectivity index (χ1n) is 6.61. The van der Waals surface area contributed by atoms with E-state index in [2.05, 4.69) is 12.6 Å². The number of hydrogen-bond donors (Lipinski definition) is 1. The molecule has 2 aromatic rings.